The summed E-state index contributed by atoms with van der Waals surface area (Å²) in [6, 6.07) is -0.548. The average Bonchev–Trinajstić information content (AvgIpc) is 2.88. The van der Waals surface area contributed by atoms with Crippen molar-refractivity contribution in [2.75, 3.05) is 7.11 Å². The topological polar surface area (TPSA) is 131 Å². The van der Waals surface area contributed by atoms with Gasteiger partial charge >= 0.3 is 18.0 Å². The molecule has 104 valence electrons. The summed E-state index contributed by atoms with van der Waals surface area (Å²) >= 11 is 0. The first-order valence-electron chi connectivity index (χ1n) is 5.26. The Labute approximate surface area is 107 Å². The molecule has 0 radical (unpaired) electrons. The van der Waals surface area contributed by atoms with Gasteiger partial charge in [-0.05, 0) is 0 Å². The number of amides is 2. The Morgan fingerprint density at radius 3 is 2.79 bits per heavy atom. The molecule has 0 aliphatic heterocycles. The van der Waals surface area contributed by atoms with Gasteiger partial charge in [0.05, 0.1) is 20.1 Å². The molecule has 1 rings (SSSR count). The fourth-order valence-electron chi connectivity index (χ4n) is 1.16. The second-order valence-electron chi connectivity index (χ2n) is 3.49. The normalized spacial score (nSPS) is 11.4. The number of hydrogen-bond donors (Lipinski definition) is 3. The van der Waals surface area contributed by atoms with Crippen LogP contribution in [0, 0.1) is 0 Å². The number of urea groups is 1. The molecule has 0 fully saturated rings. The van der Waals surface area contributed by atoms with E-state index in [2.05, 4.69) is 25.1 Å². The Morgan fingerprint density at radius 2 is 2.26 bits per heavy atom. The van der Waals surface area contributed by atoms with Crippen molar-refractivity contribution in [1.29, 1.82) is 0 Å². The van der Waals surface area contributed by atoms with E-state index in [1.54, 1.807) is 6.07 Å². The minimum atomic E-state index is -1.36. The van der Waals surface area contributed by atoms with Crippen molar-refractivity contribution in [3.8, 4) is 0 Å². The Kier molecular flexibility index (Phi) is 5.33. The largest absolute Gasteiger partial charge is 0.480 e. The zero-order chi connectivity index (χ0) is 14.3. The third-order valence-corrected chi connectivity index (χ3v) is 2.12. The minimum Gasteiger partial charge on any atom is -0.480 e. The highest BCUT2D eigenvalue weighted by Crippen LogP contribution is 1.96. The average molecular weight is 271 g/mol. The lowest BCUT2D eigenvalue weighted by atomic mass is 10.2. The summed E-state index contributed by atoms with van der Waals surface area (Å²) in [5.74, 6) is -2.06. The molecule has 0 aliphatic rings. The molecule has 0 aliphatic carbocycles. The first-order chi connectivity index (χ1) is 9.02. The van der Waals surface area contributed by atoms with Crippen LogP contribution in [-0.2, 0) is 20.9 Å². The van der Waals surface area contributed by atoms with E-state index >= 15 is 0 Å². The molecule has 19 heavy (non-hydrogen) atoms. The van der Waals surface area contributed by atoms with Crippen LogP contribution in [0.4, 0.5) is 4.79 Å². The van der Waals surface area contributed by atoms with Crippen LogP contribution in [0.5, 0.6) is 0 Å². The molecule has 0 aromatic carbocycles. The molecule has 0 saturated carbocycles. The molecule has 1 aromatic rings. The van der Waals surface area contributed by atoms with E-state index in [0.717, 1.165) is 7.11 Å². The highest BCUT2D eigenvalue weighted by atomic mass is 16.5. The number of esters is 1. The lowest BCUT2D eigenvalue weighted by molar-refractivity contribution is -0.147. The third kappa shape index (κ3) is 5.06. The van der Waals surface area contributed by atoms with E-state index in [4.69, 9.17) is 5.11 Å². The van der Waals surface area contributed by atoms with E-state index in [0.29, 0.717) is 5.69 Å². The van der Waals surface area contributed by atoms with E-state index in [-0.39, 0.29) is 6.54 Å². The van der Waals surface area contributed by atoms with Gasteiger partial charge in [0, 0.05) is 6.07 Å². The number of carbonyl (C=O) groups is 3. The molecule has 1 aromatic heterocycles. The number of carboxylic acid groups (broad SMARTS) is 1. The number of carbonyl (C=O) groups excluding carboxylic acids is 2. The summed E-state index contributed by atoms with van der Waals surface area (Å²) in [6.07, 6.45) is 0.884. The molecule has 1 heterocycles. The summed E-state index contributed by atoms with van der Waals surface area (Å²) in [5, 5.41) is 16.9. The molecule has 9 nitrogen and oxygen atoms in total. The molecule has 0 bridgehead atoms. The molecular weight excluding hydrogens is 258 g/mol. The van der Waals surface area contributed by atoms with Gasteiger partial charge in [0.15, 0.2) is 0 Å². The van der Waals surface area contributed by atoms with Crippen LogP contribution in [0.1, 0.15) is 12.1 Å². The summed E-state index contributed by atoms with van der Waals surface area (Å²) in [6.45, 7) is 0.0763. The summed E-state index contributed by atoms with van der Waals surface area (Å²) in [7, 11) is 1.13. The van der Waals surface area contributed by atoms with Crippen molar-refractivity contribution >= 4 is 18.0 Å². The lowest BCUT2D eigenvalue weighted by Crippen LogP contribution is -2.46. The zero-order valence-electron chi connectivity index (χ0n) is 10.1. The Bertz CT molecular complexity index is 444. The molecular formula is C10H13N3O6. The molecule has 0 unspecified atom stereocenters. The first kappa shape index (κ1) is 14.5. The smallest absolute Gasteiger partial charge is 0.326 e. The fourth-order valence-corrected chi connectivity index (χ4v) is 1.16. The van der Waals surface area contributed by atoms with Gasteiger partial charge in [0.25, 0.3) is 0 Å². The third-order valence-electron chi connectivity index (χ3n) is 2.12. The number of nitrogens with one attached hydrogen (secondary N) is 2. The van der Waals surface area contributed by atoms with Crippen molar-refractivity contribution in [3.05, 3.63) is 18.0 Å². The fraction of sp³-hybridized carbons (Fsp3) is 0.400. The van der Waals surface area contributed by atoms with Gasteiger partial charge in [0.2, 0.25) is 0 Å². The van der Waals surface area contributed by atoms with E-state index in [9.17, 15) is 14.4 Å². The molecule has 3 N–H and O–H groups in total. The highest BCUT2D eigenvalue weighted by molar-refractivity contribution is 5.86. The van der Waals surface area contributed by atoms with Gasteiger partial charge in [-0.3, -0.25) is 4.79 Å². The second-order valence-corrected chi connectivity index (χ2v) is 3.49. The number of rotatable bonds is 6. The van der Waals surface area contributed by atoms with Crippen molar-refractivity contribution in [2.45, 2.75) is 19.0 Å². The number of ether oxygens (including phenoxy) is 1. The maximum Gasteiger partial charge on any atom is 0.326 e. The summed E-state index contributed by atoms with van der Waals surface area (Å²) in [5.41, 5.74) is 0.481. The van der Waals surface area contributed by atoms with Crippen LogP contribution >= 0.6 is 0 Å². The maximum atomic E-state index is 11.4. The van der Waals surface area contributed by atoms with Crippen molar-refractivity contribution in [1.82, 2.24) is 15.8 Å². The monoisotopic (exact) mass is 271 g/mol. The van der Waals surface area contributed by atoms with E-state index in [1.807, 2.05) is 0 Å². The Hall–Kier alpha value is -2.58. The minimum absolute atomic E-state index is 0.0763. The summed E-state index contributed by atoms with van der Waals surface area (Å²) in [4.78, 5) is 33.2. The van der Waals surface area contributed by atoms with Gasteiger partial charge < -0.3 is 25.0 Å². The number of methoxy groups -OCH3 is 1. The number of hydrogen-bond acceptors (Lipinski definition) is 6. The Balaban J connectivity index is 2.42. The highest BCUT2D eigenvalue weighted by Gasteiger charge is 2.23. The molecule has 2 amide bonds. The predicted octanol–water partition coefficient (Wildman–Crippen LogP) is -0.510. The van der Waals surface area contributed by atoms with Crippen molar-refractivity contribution in [3.63, 3.8) is 0 Å². The number of aliphatic carboxylic acids is 1. The van der Waals surface area contributed by atoms with Gasteiger partial charge in [-0.25, -0.2) is 9.59 Å². The number of aromatic nitrogens is 1. The van der Waals surface area contributed by atoms with Crippen LogP contribution in [0.2, 0.25) is 0 Å². The molecule has 1 atom stereocenters. The summed E-state index contributed by atoms with van der Waals surface area (Å²) < 4.78 is 8.89. The Morgan fingerprint density at radius 1 is 1.53 bits per heavy atom. The van der Waals surface area contributed by atoms with Crippen molar-refractivity contribution in [2.24, 2.45) is 0 Å². The maximum absolute atomic E-state index is 11.4. The number of carboxylic acids is 1. The molecule has 0 spiro atoms. The molecule has 0 saturated heterocycles. The first-order valence-corrected chi connectivity index (χ1v) is 5.26. The zero-order valence-corrected chi connectivity index (χ0v) is 10.1. The van der Waals surface area contributed by atoms with Crippen LogP contribution in [0.15, 0.2) is 16.9 Å². The van der Waals surface area contributed by atoms with E-state index in [1.165, 1.54) is 6.26 Å². The predicted molar refractivity (Wildman–Crippen MR) is 59.9 cm³/mol. The van der Waals surface area contributed by atoms with Crippen LogP contribution in [0.25, 0.3) is 0 Å². The van der Waals surface area contributed by atoms with Gasteiger partial charge in [-0.2, -0.15) is 0 Å². The van der Waals surface area contributed by atoms with Gasteiger partial charge in [0.1, 0.15) is 18.0 Å². The quantitative estimate of drug-likeness (QED) is 0.594. The second kappa shape index (κ2) is 6.99. The van der Waals surface area contributed by atoms with Gasteiger partial charge in [-0.1, -0.05) is 5.16 Å². The lowest BCUT2D eigenvalue weighted by Gasteiger charge is -2.13. The SMILES string of the molecule is COC(=O)C[C@H](NC(=O)NCc1ccon1)C(=O)O. The standard InChI is InChI=1S/C10H13N3O6/c1-18-8(14)4-7(9(15)16)12-10(17)11-5-6-2-3-19-13-6/h2-3,7H,4-5H2,1H3,(H,15,16)(H2,11,12,17)/t7-/m0/s1. The van der Waals surface area contributed by atoms with E-state index < -0.39 is 30.4 Å². The molecule has 9 heteroatoms. The van der Waals surface area contributed by atoms with Crippen LogP contribution in [-0.4, -0.2) is 41.4 Å². The van der Waals surface area contributed by atoms with Gasteiger partial charge in [-0.15, -0.1) is 0 Å². The number of nitrogens with zero attached hydrogens (tertiary/aromatic N) is 1. The van der Waals surface area contributed by atoms with Crippen LogP contribution in [0.3, 0.4) is 0 Å². The van der Waals surface area contributed by atoms with Crippen LogP contribution < -0.4 is 10.6 Å². The van der Waals surface area contributed by atoms with Crippen molar-refractivity contribution < 1.29 is 28.8 Å².